The quantitative estimate of drug-likeness (QED) is 0.889. The van der Waals surface area contributed by atoms with E-state index in [1.54, 1.807) is 0 Å². The lowest BCUT2D eigenvalue weighted by molar-refractivity contribution is -0.127. The van der Waals surface area contributed by atoms with Crippen molar-refractivity contribution in [1.82, 2.24) is 5.32 Å². The second-order valence-corrected chi connectivity index (χ2v) is 6.48. The van der Waals surface area contributed by atoms with E-state index in [9.17, 15) is 9.59 Å². The van der Waals surface area contributed by atoms with Crippen LogP contribution in [0.15, 0.2) is 24.3 Å². The second-order valence-electron chi connectivity index (χ2n) is 6.48. The molecule has 0 saturated heterocycles. The Morgan fingerprint density at radius 2 is 2.00 bits per heavy atom. The van der Waals surface area contributed by atoms with Gasteiger partial charge in [-0.05, 0) is 30.4 Å². The van der Waals surface area contributed by atoms with Gasteiger partial charge in [0.25, 0.3) is 0 Å². The molecule has 0 radical (unpaired) electrons. The van der Waals surface area contributed by atoms with E-state index < -0.39 is 0 Å². The molecule has 2 amide bonds. The molecule has 0 aromatic heterocycles. The van der Waals surface area contributed by atoms with Crippen molar-refractivity contribution in [3.63, 3.8) is 0 Å². The summed E-state index contributed by atoms with van der Waals surface area (Å²) in [5.74, 6) is -0.619. The molecule has 124 valence electrons. The summed E-state index contributed by atoms with van der Waals surface area (Å²) in [6.45, 7) is 0.641. The Bertz CT molecular complexity index is 587. The molecule has 0 unspecified atom stereocenters. The largest absolute Gasteiger partial charge is 0.373 e. The van der Waals surface area contributed by atoms with Gasteiger partial charge in [-0.25, -0.2) is 0 Å². The Balaban J connectivity index is 1.62. The molecule has 0 spiro atoms. The van der Waals surface area contributed by atoms with Crippen LogP contribution in [0.25, 0.3) is 0 Å². The first-order valence-electron chi connectivity index (χ1n) is 8.43. The summed E-state index contributed by atoms with van der Waals surface area (Å²) < 4.78 is 5.79. The van der Waals surface area contributed by atoms with Crippen LogP contribution in [0, 0.1) is 5.92 Å². The third-order valence-corrected chi connectivity index (χ3v) is 4.94. The number of nitrogens with two attached hydrogens (primary N) is 1. The molecule has 1 aromatic carbocycles. The molecule has 3 atom stereocenters. The van der Waals surface area contributed by atoms with Gasteiger partial charge in [0.2, 0.25) is 11.8 Å². The van der Waals surface area contributed by atoms with Gasteiger partial charge >= 0.3 is 0 Å². The Hall–Kier alpha value is -1.88. The molecule has 3 rings (SSSR count). The summed E-state index contributed by atoms with van der Waals surface area (Å²) in [5.41, 5.74) is 7.82. The average molecular weight is 316 g/mol. The minimum Gasteiger partial charge on any atom is -0.373 e. The van der Waals surface area contributed by atoms with Crippen molar-refractivity contribution < 1.29 is 14.3 Å². The van der Waals surface area contributed by atoms with Crippen molar-refractivity contribution in [2.75, 3.05) is 6.61 Å². The molecule has 1 fully saturated rings. The summed E-state index contributed by atoms with van der Waals surface area (Å²) in [6.07, 6.45) is 4.59. The number of ether oxygens (including phenoxy) is 1. The molecule has 1 aromatic rings. The fourth-order valence-corrected chi connectivity index (χ4v) is 3.72. The molecule has 3 N–H and O–H groups in total. The van der Waals surface area contributed by atoms with Crippen LogP contribution >= 0.6 is 0 Å². The van der Waals surface area contributed by atoms with E-state index >= 15 is 0 Å². The standard InChI is InChI=1S/C18H24N2O3/c19-18(22)14-7-3-4-8-15(14)20-17(21)11-16-13-6-2-1-5-12(13)9-10-23-16/h1-2,5-6,14-16H,3-4,7-11H2,(H2,19,22)(H,20,21)/t14-,15-,16+/m1/s1. The molecule has 1 aliphatic carbocycles. The highest BCUT2D eigenvalue weighted by molar-refractivity contribution is 5.81. The fourth-order valence-electron chi connectivity index (χ4n) is 3.72. The maximum absolute atomic E-state index is 12.4. The number of carbonyl (C=O) groups is 2. The predicted octanol–water partition coefficient (Wildman–Crippen LogP) is 1.85. The van der Waals surface area contributed by atoms with Crippen LogP contribution < -0.4 is 11.1 Å². The summed E-state index contributed by atoms with van der Waals surface area (Å²) in [5, 5.41) is 3.01. The number of benzene rings is 1. The van der Waals surface area contributed by atoms with Gasteiger partial charge in [0.1, 0.15) is 0 Å². The topological polar surface area (TPSA) is 81.4 Å². The van der Waals surface area contributed by atoms with Crippen LogP contribution in [-0.2, 0) is 20.7 Å². The molecular weight excluding hydrogens is 292 g/mol. The zero-order valence-corrected chi connectivity index (χ0v) is 13.3. The fraction of sp³-hybridized carbons (Fsp3) is 0.556. The number of fused-ring (bicyclic) bond motifs is 1. The normalized spacial score (nSPS) is 27.0. The van der Waals surface area contributed by atoms with Crippen molar-refractivity contribution in [2.24, 2.45) is 11.7 Å². The van der Waals surface area contributed by atoms with Gasteiger partial charge in [-0.2, -0.15) is 0 Å². The molecular formula is C18H24N2O3. The monoisotopic (exact) mass is 316 g/mol. The predicted molar refractivity (Wildman–Crippen MR) is 86.5 cm³/mol. The number of rotatable bonds is 4. The van der Waals surface area contributed by atoms with Crippen molar-refractivity contribution in [3.8, 4) is 0 Å². The van der Waals surface area contributed by atoms with E-state index in [-0.39, 0.29) is 29.9 Å². The summed E-state index contributed by atoms with van der Waals surface area (Å²) >= 11 is 0. The molecule has 23 heavy (non-hydrogen) atoms. The molecule has 1 aliphatic heterocycles. The lowest BCUT2D eigenvalue weighted by Crippen LogP contribution is -2.47. The number of amides is 2. The smallest absolute Gasteiger partial charge is 0.223 e. The van der Waals surface area contributed by atoms with E-state index in [2.05, 4.69) is 11.4 Å². The summed E-state index contributed by atoms with van der Waals surface area (Å²) in [4.78, 5) is 24.0. The number of nitrogens with one attached hydrogen (secondary N) is 1. The number of primary amides is 1. The SMILES string of the molecule is NC(=O)[C@@H]1CCCC[C@H]1NC(=O)C[C@@H]1OCCc2ccccc21. The van der Waals surface area contributed by atoms with Crippen LogP contribution in [-0.4, -0.2) is 24.5 Å². The van der Waals surface area contributed by atoms with E-state index in [0.717, 1.165) is 37.7 Å². The van der Waals surface area contributed by atoms with Gasteiger partial charge in [0.15, 0.2) is 0 Å². The lowest BCUT2D eigenvalue weighted by Gasteiger charge is -2.31. The van der Waals surface area contributed by atoms with E-state index in [0.29, 0.717) is 13.0 Å². The molecule has 0 bridgehead atoms. The van der Waals surface area contributed by atoms with Crippen molar-refractivity contribution in [2.45, 2.75) is 50.7 Å². The van der Waals surface area contributed by atoms with Gasteiger partial charge in [-0.15, -0.1) is 0 Å². The van der Waals surface area contributed by atoms with Crippen molar-refractivity contribution >= 4 is 11.8 Å². The number of hydrogen-bond donors (Lipinski definition) is 2. The van der Waals surface area contributed by atoms with Crippen molar-refractivity contribution in [1.29, 1.82) is 0 Å². The Labute approximate surface area is 136 Å². The van der Waals surface area contributed by atoms with Crippen molar-refractivity contribution in [3.05, 3.63) is 35.4 Å². The Morgan fingerprint density at radius 3 is 2.83 bits per heavy atom. The summed E-state index contributed by atoms with van der Waals surface area (Å²) in [6, 6.07) is 7.97. The third-order valence-electron chi connectivity index (χ3n) is 4.94. The van der Waals surface area contributed by atoms with E-state index in [1.807, 2.05) is 18.2 Å². The van der Waals surface area contributed by atoms with Crippen LogP contribution in [0.3, 0.4) is 0 Å². The summed E-state index contributed by atoms with van der Waals surface area (Å²) in [7, 11) is 0. The minimum absolute atomic E-state index is 0.0650. The maximum Gasteiger partial charge on any atom is 0.223 e. The lowest BCUT2D eigenvalue weighted by atomic mass is 9.84. The zero-order valence-electron chi connectivity index (χ0n) is 13.3. The van der Waals surface area contributed by atoms with Gasteiger partial charge in [0.05, 0.1) is 25.0 Å². The molecule has 2 aliphatic rings. The first-order chi connectivity index (χ1) is 11.1. The number of carbonyl (C=O) groups excluding carboxylic acids is 2. The number of hydrogen-bond acceptors (Lipinski definition) is 3. The molecule has 1 heterocycles. The first kappa shape index (κ1) is 16.0. The van der Waals surface area contributed by atoms with Crippen LogP contribution in [0.2, 0.25) is 0 Å². The second kappa shape index (κ2) is 7.13. The van der Waals surface area contributed by atoms with Gasteiger partial charge in [-0.3, -0.25) is 9.59 Å². The molecule has 5 heteroatoms. The van der Waals surface area contributed by atoms with Crippen LogP contribution in [0.1, 0.15) is 49.3 Å². The highest BCUT2D eigenvalue weighted by atomic mass is 16.5. The van der Waals surface area contributed by atoms with E-state index in [1.165, 1.54) is 5.56 Å². The molecule has 5 nitrogen and oxygen atoms in total. The minimum atomic E-state index is -0.311. The Morgan fingerprint density at radius 1 is 1.22 bits per heavy atom. The van der Waals surface area contributed by atoms with Crippen LogP contribution in [0.4, 0.5) is 0 Å². The first-order valence-corrected chi connectivity index (χ1v) is 8.43. The van der Waals surface area contributed by atoms with Gasteiger partial charge in [-0.1, -0.05) is 37.1 Å². The zero-order chi connectivity index (χ0) is 16.2. The average Bonchev–Trinajstić information content (AvgIpc) is 2.55. The van der Waals surface area contributed by atoms with E-state index in [4.69, 9.17) is 10.5 Å². The van der Waals surface area contributed by atoms with Crippen LogP contribution in [0.5, 0.6) is 0 Å². The molecule has 1 saturated carbocycles. The highest BCUT2D eigenvalue weighted by Crippen LogP contribution is 2.30. The van der Waals surface area contributed by atoms with Gasteiger partial charge in [0, 0.05) is 6.04 Å². The van der Waals surface area contributed by atoms with Gasteiger partial charge < -0.3 is 15.8 Å². The highest BCUT2D eigenvalue weighted by Gasteiger charge is 2.31. The Kier molecular flexibility index (Phi) is 4.96. The maximum atomic E-state index is 12.4. The third kappa shape index (κ3) is 3.72.